The van der Waals surface area contributed by atoms with Gasteiger partial charge in [-0.1, -0.05) is 23.4 Å². The summed E-state index contributed by atoms with van der Waals surface area (Å²) in [5.41, 5.74) is 4.67. The van der Waals surface area contributed by atoms with Crippen molar-refractivity contribution in [1.29, 1.82) is 0 Å². The van der Waals surface area contributed by atoms with Gasteiger partial charge < -0.3 is 10.3 Å². The number of hydrogen-bond donors (Lipinski definition) is 1. The molecule has 4 nitrogen and oxygen atoms in total. The van der Waals surface area contributed by atoms with Crippen molar-refractivity contribution in [2.24, 2.45) is 5.73 Å². The predicted molar refractivity (Wildman–Crippen MR) is 62.1 cm³/mol. The van der Waals surface area contributed by atoms with Crippen molar-refractivity contribution < 1.29 is 17.7 Å². The second kappa shape index (κ2) is 5.00. The zero-order chi connectivity index (χ0) is 14.0. The highest BCUT2D eigenvalue weighted by Gasteiger charge is 2.34. The predicted octanol–water partition coefficient (Wildman–Crippen LogP) is 2.65. The Morgan fingerprint density at radius 3 is 2.63 bits per heavy atom. The molecular weight excluding hydrogens is 259 g/mol. The first-order valence-electron chi connectivity index (χ1n) is 5.62. The lowest BCUT2D eigenvalue weighted by Gasteiger charge is -2.09. The Morgan fingerprint density at radius 2 is 2.00 bits per heavy atom. The molecule has 1 unspecified atom stereocenters. The van der Waals surface area contributed by atoms with Crippen LogP contribution in [0.2, 0.25) is 0 Å². The molecule has 0 aliphatic carbocycles. The Morgan fingerprint density at radius 1 is 1.32 bits per heavy atom. The standard InChI is InChI=1S/C12H12F3N3O/c1-7(16)6-10-17-11(18-19-10)8-4-2-3-5-9(8)12(13,14)15/h2-5,7H,6,16H2,1H3. The highest BCUT2D eigenvalue weighted by atomic mass is 19.4. The van der Waals surface area contributed by atoms with Gasteiger partial charge in [0.25, 0.3) is 0 Å². The first-order valence-corrected chi connectivity index (χ1v) is 5.62. The summed E-state index contributed by atoms with van der Waals surface area (Å²) >= 11 is 0. The Kier molecular flexibility index (Phi) is 3.57. The maximum atomic E-state index is 12.8. The molecule has 1 atom stereocenters. The SMILES string of the molecule is CC(N)Cc1nc(-c2ccccc2C(F)(F)F)no1. The van der Waals surface area contributed by atoms with Gasteiger partial charge in [-0.2, -0.15) is 18.2 Å². The van der Waals surface area contributed by atoms with Crippen LogP contribution in [0, 0.1) is 0 Å². The van der Waals surface area contributed by atoms with Gasteiger partial charge in [0.2, 0.25) is 11.7 Å². The van der Waals surface area contributed by atoms with Crippen LogP contribution in [0.4, 0.5) is 13.2 Å². The summed E-state index contributed by atoms with van der Waals surface area (Å²) in [6.45, 7) is 1.74. The maximum Gasteiger partial charge on any atom is 0.417 e. The fraction of sp³-hybridized carbons (Fsp3) is 0.333. The second-order valence-corrected chi connectivity index (χ2v) is 4.24. The maximum absolute atomic E-state index is 12.8. The van der Waals surface area contributed by atoms with Gasteiger partial charge in [0.1, 0.15) is 0 Å². The van der Waals surface area contributed by atoms with Gasteiger partial charge >= 0.3 is 6.18 Å². The summed E-state index contributed by atoms with van der Waals surface area (Å²) in [6.07, 6.45) is -4.14. The molecule has 1 heterocycles. The number of nitrogens with zero attached hydrogens (tertiary/aromatic N) is 2. The molecular formula is C12H12F3N3O. The van der Waals surface area contributed by atoms with E-state index in [9.17, 15) is 13.2 Å². The minimum Gasteiger partial charge on any atom is -0.339 e. The molecule has 0 radical (unpaired) electrons. The van der Waals surface area contributed by atoms with Crippen molar-refractivity contribution in [2.75, 3.05) is 0 Å². The van der Waals surface area contributed by atoms with Crippen LogP contribution in [0.5, 0.6) is 0 Å². The lowest BCUT2D eigenvalue weighted by atomic mass is 10.1. The number of halogens is 3. The molecule has 0 aliphatic rings. The van der Waals surface area contributed by atoms with Crippen LogP contribution in [-0.2, 0) is 12.6 Å². The van der Waals surface area contributed by atoms with Crippen molar-refractivity contribution in [2.45, 2.75) is 25.6 Å². The monoisotopic (exact) mass is 271 g/mol. The van der Waals surface area contributed by atoms with E-state index in [0.29, 0.717) is 6.42 Å². The molecule has 0 amide bonds. The van der Waals surface area contributed by atoms with E-state index in [1.54, 1.807) is 6.92 Å². The zero-order valence-electron chi connectivity index (χ0n) is 10.1. The summed E-state index contributed by atoms with van der Waals surface area (Å²) < 4.78 is 43.4. The number of rotatable bonds is 3. The van der Waals surface area contributed by atoms with E-state index in [0.717, 1.165) is 6.07 Å². The number of alkyl halides is 3. The van der Waals surface area contributed by atoms with Gasteiger partial charge in [0.05, 0.1) is 5.56 Å². The van der Waals surface area contributed by atoms with Crippen LogP contribution in [0.25, 0.3) is 11.4 Å². The third kappa shape index (κ3) is 3.11. The van der Waals surface area contributed by atoms with Crippen LogP contribution in [0.1, 0.15) is 18.4 Å². The Hall–Kier alpha value is -1.89. The van der Waals surface area contributed by atoms with Crippen LogP contribution >= 0.6 is 0 Å². The Balaban J connectivity index is 2.39. The number of hydrogen-bond acceptors (Lipinski definition) is 4. The summed E-state index contributed by atoms with van der Waals surface area (Å²) in [4.78, 5) is 3.94. The molecule has 0 saturated heterocycles. The molecule has 102 valence electrons. The highest BCUT2D eigenvalue weighted by Crippen LogP contribution is 2.35. The quantitative estimate of drug-likeness (QED) is 0.932. The molecule has 2 N–H and O–H groups in total. The van der Waals surface area contributed by atoms with E-state index in [2.05, 4.69) is 10.1 Å². The zero-order valence-corrected chi connectivity index (χ0v) is 10.1. The fourth-order valence-electron chi connectivity index (χ4n) is 1.65. The normalized spacial score (nSPS) is 13.5. The molecule has 0 fully saturated rings. The lowest BCUT2D eigenvalue weighted by Crippen LogP contribution is -2.17. The number of benzene rings is 1. The van der Waals surface area contributed by atoms with Crippen molar-refractivity contribution in [1.82, 2.24) is 10.1 Å². The van der Waals surface area contributed by atoms with Crippen molar-refractivity contribution >= 4 is 0 Å². The number of nitrogens with two attached hydrogens (primary N) is 1. The largest absolute Gasteiger partial charge is 0.417 e. The molecule has 0 spiro atoms. The molecule has 1 aromatic carbocycles. The van der Waals surface area contributed by atoms with Gasteiger partial charge in [0, 0.05) is 18.0 Å². The summed E-state index contributed by atoms with van der Waals surface area (Å²) in [5.74, 6) is 0.144. The molecule has 19 heavy (non-hydrogen) atoms. The second-order valence-electron chi connectivity index (χ2n) is 4.24. The van der Waals surface area contributed by atoms with E-state index >= 15 is 0 Å². The highest BCUT2D eigenvalue weighted by molar-refractivity contribution is 5.60. The Labute approximate surface area is 107 Å². The summed E-state index contributed by atoms with van der Waals surface area (Å²) in [5, 5.41) is 3.57. The van der Waals surface area contributed by atoms with Crippen molar-refractivity contribution in [3.63, 3.8) is 0 Å². The fourth-order valence-corrected chi connectivity index (χ4v) is 1.65. The van der Waals surface area contributed by atoms with E-state index in [1.165, 1.54) is 18.2 Å². The average molecular weight is 271 g/mol. The number of aromatic nitrogens is 2. The van der Waals surface area contributed by atoms with Crippen LogP contribution < -0.4 is 5.73 Å². The molecule has 7 heteroatoms. The van der Waals surface area contributed by atoms with E-state index < -0.39 is 11.7 Å². The van der Waals surface area contributed by atoms with Crippen LogP contribution in [0.3, 0.4) is 0 Å². The van der Waals surface area contributed by atoms with Crippen LogP contribution in [0.15, 0.2) is 28.8 Å². The summed E-state index contributed by atoms with van der Waals surface area (Å²) in [6, 6.07) is 4.90. The Bertz CT molecular complexity index is 563. The van der Waals surface area contributed by atoms with Crippen LogP contribution in [-0.4, -0.2) is 16.2 Å². The van der Waals surface area contributed by atoms with Gasteiger partial charge in [-0.05, 0) is 13.0 Å². The topological polar surface area (TPSA) is 64.9 Å². The van der Waals surface area contributed by atoms with E-state index in [4.69, 9.17) is 10.3 Å². The molecule has 1 aromatic heterocycles. The third-order valence-electron chi connectivity index (χ3n) is 2.44. The van der Waals surface area contributed by atoms with E-state index in [1.807, 2.05) is 0 Å². The van der Waals surface area contributed by atoms with E-state index in [-0.39, 0.29) is 23.3 Å². The first kappa shape index (κ1) is 13.5. The minimum atomic E-state index is -4.46. The first-order chi connectivity index (χ1) is 8.88. The lowest BCUT2D eigenvalue weighted by molar-refractivity contribution is -0.137. The molecule has 0 bridgehead atoms. The van der Waals surface area contributed by atoms with Crippen molar-refractivity contribution in [3.8, 4) is 11.4 Å². The molecule has 2 rings (SSSR count). The summed E-state index contributed by atoms with van der Waals surface area (Å²) in [7, 11) is 0. The van der Waals surface area contributed by atoms with Gasteiger partial charge in [-0.15, -0.1) is 0 Å². The molecule has 0 aliphatic heterocycles. The molecule has 2 aromatic rings. The third-order valence-corrected chi connectivity index (χ3v) is 2.44. The van der Waals surface area contributed by atoms with Crippen molar-refractivity contribution in [3.05, 3.63) is 35.7 Å². The molecule has 0 saturated carbocycles. The smallest absolute Gasteiger partial charge is 0.339 e. The minimum absolute atomic E-state index is 0.0800. The average Bonchev–Trinajstić information content (AvgIpc) is 2.75. The van der Waals surface area contributed by atoms with Gasteiger partial charge in [-0.3, -0.25) is 0 Å². The van der Waals surface area contributed by atoms with Gasteiger partial charge in [-0.25, -0.2) is 0 Å². The van der Waals surface area contributed by atoms with Gasteiger partial charge in [0.15, 0.2) is 0 Å².